The van der Waals surface area contributed by atoms with Gasteiger partial charge in [-0.2, -0.15) is 0 Å². The van der Waals surface area contributed by atoms with Crippen molar-refractivity contribution in [1.82, 2.24) is 9.47 Å². The van der Waals surface area contributed by atoms with E-state index in [0.717, 1.165) is 48.1 Å². The lowest BCUT2D eigenvalue weighted by Gasteiger charge is -2.23. The Bertz CT molecular complexity index is 1290. The van der Waals surface area contributed by atoms with Crippen LogP contribution in [-0.2, 0) is 11.3 Å². The molecule has 0 radical (unpaired) electrons. The number of carbonyl (C=O) groups excluding carboxylic acids is 1. The van der Waals surface area contributed by atoms with Gasteiger partial charge in [-0.3, -0.25) is 9.59 Å². The largest absolute Gasteiger partial charge is 0.341 e. The van der Waals surface area contributed by atoms with Crippen LogP contribution < -0.4 is 5.43 Å². The number of benzene rings is 3. The van der Waals surface area contributed by atoms with E-state index in [-0.39, 0.29) is 17.9 Å². The number of amides is 1. The zero-order chi connectivity index (χ0) is 23.2. The van der Waals surface area contributed by atoms with Crippen molar-refractivity contribution in [3.8, 4) is 22.3 Å². The van der Waals surface area contributed by atoms with E-state index in [9.17, 15) is 9.59 Å². The molecule has 33 heavy (non-hydrogen) atoms. The van der Waals surface area contributed by atoms with Gasteiger partial charge in [-0.1, -0.05) is 86.6 Å². The fraction of sp³-hybridized carbons (Fsp3) is 0.241. The first-order chi connectivity index (χ1) is 16.1. The first-order valence-electron chi connectivity index (χ1n) is 11.7. The Morgan fingerprint density at radius 3 is 1.91 bits per heavy atom. The van der Waals surface area contributed by atoms with Crippen LogP contribution in [0.3, 0.4) is 0 Å². The van der Waals surface area contributed by atoms with Gasteiger partial charge in [0.15, 0.2) is 5.43 Å². The highest BCUT2D eigenvalue weighted by Crippen LogP contribution is 2.29. The number of nitrogens with zero attached hydrogens (tertiary/aromatic N) is 2. The SMILES string of the molecule is CCCN(CCC)C(=O)Cn1cc(-c2ccccc2)c(=O)c2c(-c3ccccc3)cccc21. The minimum atomic E-state index is -0.0154. The fourth-order valence-electron chi connectivity index (χ4n) is 4.40. The highest BCUT2D eigenvalue weighted by Gasteiger charge is 2.18. The van der Waals surface area contributed by atoms with Crippen molar-refractivity contribution in [1.29, 1.82) is 0 Å². The molecule has 0 atom stereocenters. The van der Waals surface area contributed by atoms with Crippen molar-refractivity contribution >= 4 is 16.8 Å². The number of aromatic nitrogens is 1. The molecular formula is C29H30N2O2. The summed E-state index contributed by atoms with van der Waals surface area (Å²) in [5.41, 5.74) is 4.10. The molecule has 0 spiro atoms. The van der Waals surface area contributed by atoms with Crippen LogP contribution in [0.4, 0.5) is 0 Å². The monoisotopic (exact) mass is 438 g/mol. The van der Waals surface area contributed by atoms with Gasteiger partial charge in [-0.05, 0) is 35.6 Å². The fourth-order valence-corrected chi connectivity index (χ4v) is 4.40. The molecule has 4 heteroatoms. The third-order valence-corrected chi connectivity index (χ3v) is 5.92. The van der Waals surface area contributed by atoms with Crippen molar-refractivity contribution < 1.29 is 4.79 Å². The van der Waals surface area contributed by atoms with E-state index >= 15 is 0 Å². The standard InChI is InChI=1S/C29H30N2O2/c1-3-18-30(19-4-2)27(32)21-31-20-25(23-14-9-6-10-15-23)29(33)28-24(16-11-17-26(28)31)22-12-7-5-8-13-22/h5-17,20H,3-4,18-19,21H2,1-2H3. The highest BCUT2D eigenvalue weighted by molar-refractivity contribution is 5.97. The van der Waals surface area contributed by atoms with Crippen molar-refractivity contribution in [2.45, 2.75) is 33.2 Å². The zero-order valence-electron chi connectivity index (χ0n) is 19.3. The lowest BCUT2D eigenvalue weighted by atomic mass is 9.97. The van der Waals surface area contributed by atoms with E-state index in [1.54, 1.807) is 0 Å². The molecule has 0 unspecified atom stereocenters. The minimum absolute atomic E-state index is 0.0154. The van der Waals surface area contributed by atoms with Crippen molar-refractivity contribution in [2.24, 2.45) is 0 Å². The van der Waals surface area contributed by atoms with Crippen molar-refractivity contribution in [2.75, 3.05) is 13.1 Å². The lowest BCUT2D eigenvalue weighted by Crippen LogP contribution is -2.35. The molecule has 0 bridgehead atoms. The van der Waals surface area contributed by atoms with Gasteiger partial charge in [0.1, 0.15) is 6.54 Å². The van der Waals surface area contributed by atoms with E-state index in [4.69, 9.17) is 0 Å². The second kappa shape index (κ2) is 10.3. The first-order valence-corrected chi connectivity index (χ1v) is 11.7. The van der Waals surface area contributed by atoms with Gasteiger partial charge in [0.2, 0.25) is 5.91 Å². The maximum Gasteiger partial charge on any atom is 0.242 e. The van der Waals surface area contributed by atoms with E-state index < -0.39 is 0 Å². The van der Waals surface area contributed by atoms with Crippen molar-refractivity contribution in [3.05, 3.63) is 95.3 Å². The van der Waals surface area contributed by atoms with Crippen LogP contribution in [0, 0.1) is 0 Å². The molecule has 0 saturated carbocycles. The molecule has 4 aromatic rings. The molecule has 4 nitrogen and oxygen atoms in total. The number of pyridine rings is 1. The number of carbonyl (C=O) groups is 1. The summed E-state index contributed by atoms with van der Waals surface area (Å²) in [5.74, 6) is 0.0766. The number of hydrogen-bond donors (Lipinski definition) is 0. The summed E-state index contributed by atoms with van der Waals surface area (Å²) in [6.45, 7) is 5.86. The van der Waals surface area contributed by atoms with Crippen LogP contribution in [0.1, 0.15) is 26.7 Å². The van der Waals surface area contributed by atoms with E-state index in [1.165, 1.54) is 0 Å². The Kier molecular flexibility index (Phi) is 7.04. The lowest BCUT2D eigenvalue weighted by molar-refractivity contribution is -0.131. The van der Waals surface area contributed by atoms with Gasteiger partial charge in [-0.15, -0.1) is 0 Å². The molecule has 0 aliphatic heterocycles. The van der Waals surface area contributed by atoms with Crippen LogP contribution >= 0.6 is 0 Å². The van der Waals surface area contributed by atoms with E-state index in [0.29, 0.717) is 10.9 Å². The van der Waals surface area contributed by atoms with Gasteiger partial charge in [0, 0.05) is 24.8 Å². The Morgan fingerprint density at radius 1 is 0.758 bits per heavy atom. The zero-order valence-corrected chi connectivity index (χ0v) is 19.3. The molecule has 1 amide bonds. The summed E-state index contributed by atoms with van der Waals surface area (Å²) < 4.78 is 1.95. The summed E-state index contributed by atoms with van der Waals surface area (Å²) in [4.78, 5) is 29.0. The van der Waals surface area contributed by atoms with Crippen LogP contribution in [-0.4, -0.2) is 28.5 Å². The van der Waals surface area contributed by atoms with Gasteiger partial charge >= 0.3 is 0 Å². The predicted octanol–water partition coefficient (Wildman–Crippen LogP) is 5.98. The maximum atomic E-state index is 13.8. The minimum Gasteiger partial charge on any atom is -0.341 e. The summed E-state index contributed by atoms with van der Waals surface area (Å²) in [6, 6.07) is 25.5. The summed E-state index contributed by atoms with van der Waals surface area (Å²) in [7, 11) is 0. The molecular weight excluding hydrogens is 408 g/mol. The van der Waals surface area contributed by atoms with Crippen LogP contribution in [0.2, 0.25) is 0 Å². The Hall–Kier alpha value is -3.66. The molecule has 0 aliphatic carbocycles. The summed E-state index contributed by atoms with van der Waals surface area (Å²) in [5, 5.41) is 0.649. The average molecular weight is 439 g/mol. The third-order valence-electron chi connectivity index (χ3n) is 5.92. The number of hydrogen-bond acceptors (Lipinski definition) is 2. The van der Waals surface area contributed by atoms with Crippen LogP contribution in [0.25, 0.3) is 33.2 Å². The molecule has 0 aliphatic rings. The topological polar surface area (TPSA) is 42.3 Å². The first kappa shape index (κ1) is 22.5. The van der Waals surface area contributed by atoms with Crippen LogP contribution in [0.5, 0.6) is 0 Å². The van der Waals surface area contributed by atoms with Gasteiger partial charge in [0.25, 0.3) is 0 Å². The molecule has 4 rings (SSSR count). The van der Waals surface area contributed by atoms with E-state index in [2.05, 4.69) is 13.8 Å². The molecule has 3 aromatic carbocycles. The Labute approximate surface area is 195 Å². The Morgan fingerprint density at radius 2 is 1.33 bits per heavy atom. The van der Waals surface area contributed by atoms with Gasteiger partial charge in [0.05, 0.1) is 10.9 Å². The second-order valence-corrected chi connectivity index (χ2v) is 8.31. The maximum absolute atomic E-state index is 13.8. The van der Waals surface area contributed by atoms with E-state index in [1.807, 2.05) is 94.5 Å². The molecule has 0 fully saturated rings. The van der Waals surface area contributed by atoms with Crippen molar-refractivity contribution in [3.63, 3.8) is 0 Å². The van der Waals surface area contributed by atoms with Gasteiger partial charge in [-0.25, -0.2) is 0 Å². The molecule has 1 heterocycles. The normalized spacial score (nSPS) is 11.0. The smallest absolute Gasteiger partial charge is 0.242 e. The molecule has 0 saturated heterocycles. The van der Waals surface area contributed by atoms with Crippen LogP contribution in [0.15, 0.2) is 89.9 Å². The molecule has 168 valence electrons. The second-order valence-electron chi connectivity index (χ2n) is 8.31. The summed E-state index contributed by atoms with van der Waals surface area (Å²) >= 11 is 0. The quantitative estimate of drug-likeness (QED) is 0.339. The average Bonchev–Trinajstić information content (AvgIpc) is 2.86. The predicted molar refractivity (Wildman–Crippen MR) is 136 cm³/mol. The molecule has 1 aromatic heterocycles. The third kappa shape index (κ3) is 4.75. The molecule has 0 N–H and O–H groups in total. The summed E-state index contributed by atoms with van der Waals surface area (Å²) in [6.07, 6.45) is 3.69. The highest BCUT2D eigenvalue weighted by atomic mass is 16.2. The Balaban J connectivity index is 1.94. The van der Waals surface area contributed by atoms with Gasteiger partial charge < -0.3 is 9.47 Å². The number of fused-ring (bicyclic) bond motifs is 1. The number of rotatable bonds is 8.